The number of allylic oxidation sites excluding steroid dienone is 1. The first-order valence-corrected chi connectivity index (χ1v) is 7.39. The second kappa shape index (κ2) is 6.76. The van der Waals surface area contributed by atoms with Gasteiger partial charge in [0.2, 0.25) is 0 Å². The van der Waals surface area contributed by atoms with Crippen LogP contribution in [0, 0.1) is 11.6 Å². The van der Waals surface area contributed by atoms with Crippen molar-refractivity contribution in [2.75, 3.05) is 0 Å². The van der Waals surface area contributed by atoms with E-state index in [1.54, 1.807) is 30.5 Å². The Balaban J connectivity index is 2.08. The van der Waals surface area contributed by atoms with Gasteiger partial charge in [-0.1, -0.05) is 11.6 Å². The fourth-order valence-corrected chi connectivity index (χ4v) is 2.31. The molecule has 0 atom stereocenters. The number of rotatable bonds is 4. The molecule has 1 aromatic heterocycles. The number of H-pyrrole nitrogens is 1. The average molecular weight is 345 g/mol. The molecule has 3 nitrogen and oxygen atoms in total. The molecule has 3 aromatic rings. The maximum absolute atomic E-state index is 13.9. The van der Waals surface area contributed by atoms with E-state index in [-0.39, 0.29) is 16.9 Å². The van der Waals surface area contributed by atoms with E-state index in [9.17, 15) is 13.6 Å². The van der Waals surface area contributed by atoms with Gasteiger partial charge in [0.25, 0.3) is 0 Å². The smallest absolute Gasteiger partial charge is 0.196 e. The lowest BCUT2D eigenvalue weighted by Crippen LogP contribution is -2.04. The SMILES string of the molecule is O=C(C(=Cc1ccc(F)cc1F)c1ncc[nH]1)c1ccc(Cl)cc1. The lowest BCUT2D eigenvalue weighted by Gasteiger charge is -2.06. The lowest BCUT2D eigenvalue weighted by atomic mass is 10.00. The Morgan fingerprint density at radius 2 is 1.88 bits per heavy atom. The first kappa shape index (κ1) is 16.1. The second-order valence-electron chi connectivity index (χ2n) is 5.00. The molecule has 0 saturated carbocycles. The van der Waals surface area contributed by atoms with Gasteiger partial charge in [0.1, 0.15) is 17.5 Å². The number of aromatic amines is 1. The van der Waals surface area contributed by atoms with Crippen molar-refractivity contribution in [2.24, 2.45) is 0 Å². The zero-order valence-corrected chi connectivity index (χ0v) is 13.0. The third-order valence-electron chi connectivity index (χ3n) is 3.37. The standard InChI is InChI=1S/C18H11ClF2N2O/c19-13-4-1-11(2-5-13)17(24)15(18-22-7-8-23-18)9-12-3-6-14(20)10-16(12)21/h1-10H,(H,22,23). The van der Waals surface area contributed by atoms with E-state index in [0.29, 0.717) is 16.4 Å². The predicted octanol–water partition coefficient (Wildman–Crippen LogP) is 4.76. The minimum absolute atomic E-state index is 0.0881. The summed E-state index contributed by atoms with van der Waals surface area (Å²) >= 11 is 5.83. The van der Waals surface area contributed by atoms with Crippen molar-refractivity contribution in [1.82, 2.24) is 9.97 Å². The first-order valence-electron chi connectivity index (χ1n) is 7.01. The summed E-state index contributed by atoms with van der Waals surface area (Å²) in [4.78, 5) is 19.7. The van der Waals surface area contributed by atoms with Crippen molar-refractivity contribution in [2.45, 2.75) is 0 Å². The molecule has 120 valence electrons. The molecular weight excluding hydrogens is 334 g/mol. The van der Waals surface area contributed by atoms with Crippen LogP contribution in [0.5, 0.6) is 0 Å². The Labute approximate surface area is 141 Å². The number of imidazole rings is 1. The average Bonchev–Trinajstić information content (AvgIpc) is 3.08. The van der Waals surface area contributed by atoms with Gasteiger partial charge in [0.05, 0.1) is 5.57 Å². The molecule has 3 rings (SSSR count). The number of nitrogens with one attached hydrogen (secondary N) is 1. The number of hydrogen-bond acceptors (Lipinski definition) is 2. The molecule has 6 heteroatoms. The molecule has 0 aliphatic rings. The zero-order chi connectivity index (χ0) is 17.1. The molecule has 0 aliphatic carbocycles. The van der Waals surface area contributed by atoms with Crippen molar-refractivity contribution in [3.63, 3.8) is 0 Å². The van der Waals surface area contributed by atoms with Crippen LogP contribution in [0.1, 0.15) is 21.7 Å². The van der Waals surface area contributed by atoms with E-state index in [0.717, 1.165) is 12.1 Å². The van der Waals surface area contributed by atoms with Crippen molar-refractivity contribution in [3.8, 4) is 0 Å². The number of Topliss-reactive ketones (excluding diaryl/α,β-unsaturated/α-hetero) is 1. The highest BCUT2D eigenvalue weighted by Gasteiger charge is 2.17. The maximum Gasteiger partial charge on any atom is 0.196 e. The van der Waals surface area contributed by atoms with Crippen LogP contribution in [0.25, 0.3) is 11.6 Å². The maximum atomic E-state index is 13.9. The summed E-state index contributed by atoms with van der Waals surface area (Å²) in [5.41, 5.74) is 0.627. The van der Waals surface area contributed by atoms with Crippen LogP contribution >= 0.6 is 11.6 Å². The van der Waals surface area contributed by atoms with Crippen LogP contribution in [0.15, 0.2) is 54.9 Å². The summed E-state index contributed by atoms with van der Waals surface area (Å²) in [6.07, 6.45) is 4.38. The molecule has 1 N–H and O–H groups in total. The van der Waals surface area contributed by atoms with Crippen LogP contribution < -0.4 is 0 Å². The third kappa shape index (κ3) is 3.41. The molecule has 0 unspecified atom stereocenters. The van der Waals surface area contributed by atoms with Crippen LogP contribution in [0.2, 0.25) is 5.02 Å². The summed E-state index contributed by atoms with van der Waals surface area (Å²) in [6, 6.07) is 9.48. The number of benzene rings is 2. The number of aromatic nitrogens is 2. The van der Waals surface area contributed by atoms with Gasteiger partial charge >= 0.3 is 0 Å². The summed E-state index contributed by atoms with van der Waals surface area (Å²) in [5.74, 6) is -1.51. The summed E-state index contributed by atoms with van der Waals surface area (Å²) in [5, 5.41) is 0.500. The van der Waals surface area contributed by atoms with Gasteiger partial charge in [-0.05, 0) is 42.5 Å². The van der Waals surface area contributed by atoms with Crippen molar-refractivity contribution in [3.05, 3.63) is 88.5 Å². The predicted molar refractivity (Wildman–Crippen MR) is 88.6 cm³/mol. The molecule has 0 saturated heterocycles. The van der Waals surface area contributed by atoms with Gasteiger partial charge in [-0.25, -0.2) is 13.8 Å². The Bertz CT molecular complexity index is 903. The molecule has 0 fully saturated rings. The van der Waals surface area contributed by atoms with E-state index in [1.165, 1.54) is 18.3 Å². The van der Waals surface area contributed by atoms with Gasteiger partial charge in [-0.15, -0.1) is 0 Å². The number of ketones is 1. The molecular formula is C18H11ClF2N2O. The van der Waals surface area contributed by atoms with E-state index < -0.39 is 11.6 Å². The minimum atomic E-state index is -0.761. The van der Waals surface area contributed by atoms with Crippen LogP contribution in [0.3, 0.4) is 0 Å². The van der Waals surface area contributed by atoms with Gasteiger partial charge < -0.3 is 4.98 Å². The lowest BCUT2D eigenvalue weighted by molar-refractivity contribution is 0.105. The van der Waals surface area contributed by atoms with Gasteiger partial charge in [0, 0.05) is 34.6 Å². The topological polar surface area (TPSA) is 45.8 Å². The number of halogens is 3. The first-order chi connectivity index (χ1) is 11.5. The highest BCUT2D eigenvalue weighted by Crippen LogP contribution is 2.23. The second-order valence-corrected chi connectivity index (χ2v) is 5.43. The highest BCUT2D eigenvalue weighted by molar-refractivity contribution is 6.33. The van der Waals surface area contributed by atoms with E-state index in [2.05, 4.69) is 9.97 Å². The molecule has 0 aliphatic heterocycles. The third-order valence-corrected chi connectivity index (χ3v) is 3.62. The molecule has 2 aromatic carbocycles. The minimum Gasteiger partial charge on any atom is -0.345 e. The molecule has 24 heavy (non-hydrogen) atoms. The van der Waals surface area contributed by atoms with Gasteiger partial charge in [0.15, 0.2) is 5.78 Å². The Kier molecular flexibility index (Phi) is 4.53. The van der Waals surface area contributed by atoms with E-state index in [1.807, 2.05) is 0 Å². The summed E-state index contributed by atoms with van der Waals surface area (Å²) < 4.78 is 27.0. The molecule has 1 heterocycles. The molecule has 0 bridgehead atoms. The number of nitrogens with zero attached hydrogens (tertiary/aromatic N) is 1. The fraction of sp³-hybridized carbons (Fsp3) is 0. The zero-order valence-electron chi connectivity index (χ0n) is 12.3. The quantitative estimate of drug-likeness (QED) is 0.547. The van der Waals surface area contributed by atoms with Gasteiger partial charge in [-0.2, -0.15) is 0 Å². The van der Waals surface area contributed by atoms with Crippen LogP contribution in [-0.4, -0.2) is 15.8 Å². The van der Waals surface area contributed by atoms with E-state index >= 15 is 0 Å². The van der Waals surface area contributed by atoms with Crippen LogP contribution in [-0.2, 0) is 0 Å². The number of carbonyl (C=O) groups excluding carboxylic acids is 1. The molecule has 0 amide bonds. The van der Waals surface area contributed by atoms with Crippen molar-refractivity contribution in [1.29, 1.82) is 0 Å². The highest BCUT2D eigenvalue weighted by atomic mass is 35.5. The summed E-state index contributed by atoms with van der Waals surface area (Å²) in [6.45, 7) is 0. The van der Waals surface area contributed by atoms with Crippen molar-refractivity contribution < 1.29 is 13.6 Å². The molecule has 0 radical (unpaired) electrons. The van der Waals surface area contributed by atoms with E-state index in [4.69, 9.17) is 11.6 Å². The number of carbonyl (C=O) groups is 1. The normalized spacial score (nSPS) is 11.5. The Hall–Kier alpha value is -2.79. The number of hydrogen-bond donors (Lipinski definition) is 1. The fourth-order valence-electron chi connectivity index (χ4n) is 2.18. The van der Waals surface area contributed by atoms with Gasteiger partial charge in [-0.3, -0.25) is 4.79 Å². The largest absolute Gasteiger partial charge is 0.345 e. The summed E-state index contributed by atoms with van der Waals surface area (Å²) in [7, 11) is 0. The molecule has 0 spiro atoms. The van der Waals surface area contributed by atoms with Crippen molar-refractivity contribution >= 4 is 29.0 Å². The Morgan fingerprint density at radius 1 is 1.12 bits per heavy atom. The monoisotopic (exact) mass is 344 g/mol. The van der Waals surface area contributed by atoms with Crippen LogP contribution in [0.4, 0.5) is 8.78 Å². The Morgan fingerprint density at radius 3 is 2.50 bits per heavy atom.